The van der Waals surface area contributed by atoms with Crippen molar-refractivity contribution in [2.24, 2.45) is 5.73 Å². The molecular formula is C5H12N6. The van der Waals surface area contributed by atoms with Crippen molar-refractivity contribution in [3.8, 4) is 0 Å². The lowest BCUT2D eigenvalue weighted by atomic mass is 10.4. The molecule has 0 spiro atoms. The lowest BCUT2D eigenvalue weighted by Gasteiger charge is -1.97. The van der Waals surface area contributed by atoms with Gasteiger partial charge in [-0.2, -0.15) is 5.21 Å². The number of hydrogen-bond acceptors (Lipinski definition) is 5. The van der Waals surface area contributed by atoms with Gasteiger partial charge in [-0.3, -0.25) is 0 Å². The molecule has 0 aliphatic carbocycles. The molecule has 1 aromatic heterocycles. The maximum atomic E-state index is 5.30. The zero-order valence-electron chi connectivity index (χ0n) is 6.25. The van der Waals surface area contributed by atoms with Crippen LogP contribution in [0.3, 0.4) is 0 Å². The largest absolute Gasteiger partial charge is 0.330 e. The Morgan fingerprint density at radius 3 is 3.09 bits per heavy atom. The molecule has 0 unspecified atom stereocenters. The minimum atomic E-state index is 0.649. The predicted molar refractivity (Wildman–Crippen MR) is 39.6 cm³/mol. The highest BCUT2D eigenvalue weighted by atomic mass is 15.5. The fourth-order valence-electron chi connectivity index (χ4n) is 0.685. The van der Waals surface area contributed by atoms with Crippen LogP contribution in [-0.2, 0) is 6.54 Å². The van der Waals surface area contributed by atoms with Gasteiger partial charge in [0, 0.05) is 0 Å². The molecule has 0 bridgehead atoms. The van der Waals surface area contributed by atoms with Crippen LogP contribution in [0.4, 0.5) is 0 Å². The first-order valence-corrected chi connectivity index (χ1v) is 3.56. The van der Waals surface area contributed by atoms with Crippen LogP contribution in [-0.4, -0.2) is 33.7 Å². The van der Waals surface area contributed by atoms with Crippen molar-refractivity contribution in [2.75, 3.05) is 13.1 Å². The third kappa shape index (κ3) is 3.06. The molecule has 1 heterocycles. The second-order valence-corrected chi connectivity index (χ2v) is 2.15. The van der Waals surface area contributed by atoms with E-state index in [9.17, 15) is 0 Å². The number of H-pyrrole nitrogens is 1. The third-order valence-electron chi connectivity index (χ3n) is 1.23. The highest BCUT2D eigenvalue weighted by Crippen LogP contribution is 1.80. The highest BCUT2D eigenvalue weighted by Gasteiger charge is 1.94. The molecule has 4 N–H and O–H groups in total. The van der Waals surface area contributed by atoms with E-state index in [0.29, 0.717) is 18.9 Å². The van der Waals surface area contributed by atoms with Gasteiger partial charge >= 0.3 is 0 Å². The highest BCUT2D eigenvalue weighted by molar-refractivity contribution is 4.73. The Hall–Kier alpha value is -1.01. The minimum Gasteiger partial charge on any atom is -0.330 e. The molecule has 6 nitrogen and oxygen atoms in total. The summed E-state index contributed by atoms with van der Waals surface area (Å²) < 4.78 is 0. The van der Waals surface area contributed by atoms with Gasteiger partial charge < -0.3 is 11.1 Å². The van der Waals surface area contributed by atoms with Crippen molar-refractivity contribution in [3.63, 3.8) is 0 Å². The van der Waals surface area contributed by atoms with Crippen LogP contribution in [0.5, 0.6) is 0 Å². The zero-order valence-corrected chi connectivity index (χ0v) is 6.25. The van der Waals surface area contributed by atoms with Crippen molar-refractivity contribution >= 4 is 0 Å². The number of nitrogens with two attached hydrogens (primary N) is 1. The maximum Gasteiger partial charge on any atom is 0.188 e. The van der Waals surface area contributed by atoms with Gasteiger partial charge in [0.2, 0.25) is 0 Å². The summed E-state index contributed by atoms with van der Waals surface area (Å²) in [5, 5.41) is 16.5. The van der Waals surface area contributed by atoms with E-state index in [-0.39, 0.29) is 0 Å². The first-order chi connectivity index (χ1) is 5.43. The van der Waals surface area contributed by atoms with Crippen LogP contribution in [0.1, 0.15) is 12.2 Å². The molecule has 0 aromatic carbocycles. The van der Waals surface area contributed by atoms with Crippen LogP contribution in [0.25, 0.3) is 0 Å². The molecule has 0 saturated carbocycles. The van der Waals surface area contributed by atoms with E-state index in [4.69, 9.17) is 5.73 Å². The van der Waals surface area contributed by atoms with Gasteiger partial charge in [0.05, 0.1) is 6.54 Å². The average molecular weight is 156 g/mol. The molecule has 1 aromatic rings. The summed E-state index contributed by atoms with van der Waals surface area (Å²) in [6.07, 6.45) is 0.970. The number of nitrogens with zero attached hydrogens (tertiary/aromatic N) is 3. The number of nitrogens with one attached hydrogen (secondary N) is 2. The van der Waals surface area contributed by atoms with Crippen LogP contribution < -0.4 is 11.1 Å². The fraction of sp³-hybridized carbons (Fsp3) is 0.800. The molecule has 0 radical (unpaired) electrons. The molecule has 11 heavy (non-hydrogen) atoms. The maximum absolute atomic E-state index is 5.30. The summed E-state index contributed by atoms with van der Waals surface area (Å²) in [7, 11) is 0. The molecule has 0 atom stereocenters. The molecule has 0 saturated heterocycles. The van der Waals surface area contributed by atoms with Crippen molar-refractivity contribution in [2.45, 2.75) is 13.0 Å². The number of rotatable bonds is 5. The Balaban J connectivity index is 2.04. The van der Waals surface area contributed by atoms with Crippen LogP contribution >= 0.6 is 0 Å². The Bertz CT molecular complexity index is 171. The van der Waals surface area contributed by atoms with E-state index in [1.165, 1.54) is 0 Å². The van der Waals surface area contributed by atoms with Crippen molar-refractivity contribution in [3.05, 3.63) is 5.82 Å². The van der Waals surface area contributed by atoms with E-state index in [2.05, 4.69) is 25.9 Å². The molecular weight excluding hydrogens is 144 g/mol. The van der Waals surface area contributed by atoms with Gasteiger partial charge in [-0.05, 0) is 19.5 Å². The summed E-state index contributed by atoms with van der Waals surface area (Å²) in [6, 6.07) is 0. The van der Waals surface area contributed by atoms with Gasteiger partial charge in [0.1, 0.15) is 0 Å². The van der Waals surface area contributed by atoms with Crippen LogP contribution in [0, 0.1) is 0 Å². The molecule has 0 fully saturated rings. The Morgan fingerprint density at radius 2 is 2.45 bits per heavy atom. The zero-order chi connectivity index (χ0) is 7.94. The summed E-state index contributed by atoms with van der Waals surface area (Å²) in [5.74, 6) is 0.682. The number of tetrazole rings is 1. The normalized spacial score (nSPS) is 10.3. The quantitative estimate of drug-likeness (QED) is 0.458. The van der Waals surface area contributed by atoms with E-state index in [1.807, 2.05) is 0 Å². The SMILES string of the molecule is NCCCNCc1nn[nH]n1. The van der Waals surface area contributed by atoms with Gasteiger partial charge in [-0.25, -0.2) is 0 Å². The topological polar surface area (TPSA) is 92.5 Å². The summed E-state index contributed by atoms with van der Waals surface area (Å²) in [4.78, 5) is 0. The van der Waals surface area contributed by atoms with Crippen molar-refractivity contribution in [1.29, 1.82) is 0 Å². The molecule has 0 amide bonds. The first kappa shape index (κ1) is 8.09. The van der Waals surface area contributed by atoms with Crippen LogP contribution in [0.15, 0.2) is 0 Å². The smallest absolute Gasteiger partial charge is 0.188 e. The average Bonchev–Trinajstić information content (AvgIpc) is 2.50. The predicted octanol–water partition coefficient (Wildman–Crippen LogP) is -1.36. The van der Waals surface area contributed by atoms with E-state index >= 15 is 0 Å². The van der Waals surface area contributed by atoms with Gasteiger partial charge in [-0.1, -0.05) is 5.21 Å². The molecule has 1 rings (SSSR count). The molecule has 6 heteroatoms. The monoisotopic (exact) mass is 156 g/mol. The minimum absolute atomic E-state index is 0.649. The summed E-state index contributed by atoms with van der Waals surface area (Å²) in [6.45, 7) is 2.25. The second kappa shape index (κ2) is 4.75. The van der Waals surface area contributed by atoms with E-state index in [0.717, 1.165) is 13.0 Å². The molecule has 62 valence electrons. The summed E-state index contributed by atoms with van der Waals surface area (Å²) in [5.41, 5.74) is 5.30. The number of aromatic amines is 1. The number of aromatic nitrogens is 4. The van der Waals surface area contributed by atoms with Crippen molar-refractivity contribution < 1.29 is 0 Å². The molecule has 0 aliphatic heterocycles. The Labute approximate surface area is 64.6 Å². The van der Waals surface area contributed by atoms with Crippen molar-refractivity contribution in [1.82, 2.24) is 25.9 Å². The first-order valence-electron chi connectivity index (χ1n) is 3.56. The lowest BCUT2D eigenvalue weighted by molar-refractivity contribution is 0.635. The molecule has 0 aliphatic rings. The third-order valence-corrected chi connectivity index (χ3v) is 1.23. The van der Waals surface area contributed by atoms with E-state index in [1.54, 1.807) is 0 Å². The van der Waals surface area contributed by atoms with Gasteiger partial charge in [0.15, 0.2) is 5.82 Å². The second-order valence-electron chi connectivity index (χ2n) is 2.15. The van der Waals surface area contributed by atoms with Gasteiger partial charge in [-0.15, -0.1) is 10.2 Å². The van der Waals surface area contributed by atoms with Gasteiger partial charge in [0.25, 0.3) is 0 Å². The Morgan fingerprint density at radius 1 is 1.55 bits per heavy atom. The summed E-state index contributed by atoms with van der Waals surface area (Å²) >= 11 is 0. The van der Waals surface area contributed by atoms with Crippen LogP contribution in [0.2, 0.25) is 0 Å². The lowest BCUT2D eigenvalue weighted by Crippen LogP contribution is -2.18. The fourth-order valence-corrected chi connectivity index (χ4v) is 0.685. The standard InChI is InChI=1S/C5H12N6/c6-2-1-3-7-4-5-8-10-11-9-5/h7H,1-4,6H2,(H,8,9,10,11). The Kier molecular flexibility index (Phi) is 3.49. The van der Waals surface area contributed by atoms with E-state index < -0.39 is 0 Å². The number of hydrogen-bond donors (Lipinski definition) is 3.